The molecule has 6 nitrogen and oxygen atoms in total. The molecule has 0 aliphatic heterocycles. The van der Waals surface area contributed by atoms with Gasteiger partial charge in [-0.25, -0.2) is 18.6 Å². The standard InChI is InChI=1S/C18H18F2N2O4/c1-25-17-12(4-3-7-21-17)8-15(18(24)26-2)22-16(23)9-11-5-6-13(19)10-14(11)20/h3-7,10,15H,8-9H2,1-2H3,(H,22,23)/t15-/m0/s1. The molecule has 26 heavy (non-hydrogen) atoms. The number of amides is 1. The van der Waals surface area contributed by atoms with Crippen LogP contribution in [0.3, 0.4) is 0 Å². The second kappa shape index (κ2) is 8.89. The Bertz CT molecular complexity index is 799. The predicted octanol–water partition coefficient (Wildman–Crippen LogP) is 1.81. The van der Waals surface area contributed by atoms with Crippen molar-refractivity contribution in [1.29, 1.82) is 0 Å². The quantitative estimate of drug-likeness (QED) is 0.759. The maximum absolute atomic E-state index is 13.7. The number of halogens is 2. The molecule has 0 bridgehead atoms. The Labute approximate surface area is 149 Å². The molecule has 0 saturated carbocycles. The van der Waals surface area contributed by atoms with Gasteiger partial charge in [0, 0.05) is 24.2 Å². The van der Waals surface area contributed by atoms with E-state index in [2.05, 4.69) is 10.3 Å². The Balaban J connectivity index is 2.12. The molecular weight excluding hydrogens is 346 g/mol. The summed E-state index contributed by atoms with van der Waals surface area (Å²) in [5.41, 5.74) is 0.616. The Morgan fingerprint density at radius 2 is 1.96 bits per heavy atom. The lowest BCUT2D eigenvalue weighted by Crippen LogP contribution is -2.43. The molecule has 1 N–H and O–H groups in total. The van der Waals surface area contributed by atoms with Gasteiger partial charge in [-0.1, -0.05) is 12.1 Å². The van der Waals surface area contributed by atoms with Crippen LogP contribution in [0.4, 0.5) is 8.78 Å². The number of methoxy groups -OCH3 is 2. The van der Waals surface area contributed by atoms with E-state index in [4.69, 9.17) is 9.47 Å². The smallest absolute Gasteiger partial charge is 0.328 e. The monoisotopic (exact) mass is 364 g/mol. The number of nitrogens with one attached hydrogen (secondary N) is 1. The van der Waals surface area contributed by atoms with Crippen molar-refractivity contribution in [3.8, 4) is 5.88 Å². The number of aromatic nitrogens is 1. The maximum Gasteiger partial charge on any atom is 0.328 e. The van der Waals surface area contributed by atoms with Crippen LogP contribution in [-0.2, 0) is 27.2 Å². The van der Waals surface area contributed by atoms with Crippen molar-refractivity contribution in [2.75, 3.05) is 14.2 Å². The Hall–Kier alpha value is -3.03. The van der Waals surface area contributed by atoms with Crippen LogP contribution in [0.25, 0.3) is 0 Å². The van der Waals surface area contributed by atoms with E-state index in [-0.39, 0.29) is 18.4 Å². The van der Waals surface area contributed by atoms with Crippen molar-refractivity contribution < 1.29 is 27.8 Å². The van der Waals surface area contributed by atoms with Crippen LogP contribution in [-0.4, -0.2) is 37.1 Å². The molecule has 138 valence electrons. The third-order valence-corrected chi connectivity index (χ3v) is 3.65. The Kier molecular flexibility index (Phi) is 6.60. The lowest BCUT2D eigenvalue weighted by Gasteiger charge is -2.17. The van der Waals surface area contributed by atoms with Gasteiger partial charge in [-0.2, -0.15) is 0 Å². The van der Waals surface area contributed by atoms with E-state index in [0.717, 1.165) is 6.07 Å². The van der Waals surface area contributed by atoms with Crippen LogP contribution in [0, 0.1) is 11.6 Å². The number of benzene rings is 1. The number of carbonyl (C=O) groups excluding carboxylic acids is 2. The highest BCUT2D eigenvalue weighted by atomic mass is 19.1. The van der Waals surface area contributed by atoms with Crippen molar-refractivity contribution >= 4 is 11.9 Å². The fraction of sp³-hybridized carbons (Fsp3) is 0.278. The average molecular weight is 364 g/mol. The summed E-state index contributed by atoms with van der Waals surface area (Å²) >= 11 is 0. The lowest BCUT2D eigenvalue weighted by molar-refractivity contribution is -0.145. The summed E-state index contributed by atoms with van der Waals surface area (Å²) in [6, 6.07) is 5.30. The van der Waals surface area contributed by atoms with E-state index in [1.54, 1.807) is 12.1 Å². The molecule has 0 aliphatic rings. The molecule has 1 aromatic heterocycles. The predicted molar refractivity (Wildman–Crippen MR) is 88.5 cm³/mol. The summed E-state index contributed by atoms with van der Waals surface area (Å²) in [5, 5.41) is 2.50. The molecule has 0 fully saturated rings. The van der Waals surface area contributed by atoms with Crippen molar-refractivity contribution in [2.24, 2.45) is 0 Å². The van der Waals surface area contributed by atoms with E-state index in [1.165, 1.54) is 26.5 Å². The highest BCUT2D eigenvalue weighted by molar-refractivity contribution is 5.85. The van der Waals surface area contributed by atoms with Gasteiger partial charge in [-0.05, 0) is 17.7 Å². The first-order valence-corrected chi connectivity index (χ1v) is 7.73. The van der Waals surface area contributed by atoms with Crippen molar-refractivity contribution in [2.45, 2.75) is 18.9 Å². The van der Waals surface area contributed by atoms with Crippen molar-refractivity contribution in [3.63, 3.8) is 0 Å². The molecule has 2 aromatic rings. The number of rotatable bonds is 7. The minimum atomic E-state index is -1.01. The molecule has 2 rings (SSSR count). The third-order valence-electron chi connectivity index (χ3n) is 3.65. The molecule has 0 saturated heterocycles. The first-order valence-electron chi connectivity index (χ1n) is 7.73. The first-order chi connectivity index (χ1) is 12.4. The summed E-state index contributed by atoms with van der Waals surface area (Å²) in [4.78, 5) is 28.2. The van der Waals surface area contributed by atoms with E-state index in [9.17, 15) is 18.4 Å². The van der Waals surface area contributed by atoms with Gasteiger partial charge < -0.3 is 14.8 Å². The van der Waals surface area contributed by atoms with Gasteiger partial charge in [0.25, 0.3) is 0 Å². The molecule has 0 radical (unpaired) electrons. The molecule has 1 aromatic carbocycles. The zero-order valence-electron chi connectivity index (χ0n) is 14.3. The van der Waals surface area contributed by atoms with Crippen LogP contribution in [0.2, 0.25) is 0 Å². The summed E-state index contributed by atoms with van der Waals surface area (Å²) < 4.78 is 36.5. The van der Waals surface area contributed by atoms with Gasteiger partial charge in [0.2, 0.25) is 11.8 Å². The molecule has 0 spiro atoms. The fourth-order valence-corrected chi connectivity index (χ4v) is 2.40. The normalized spacial score (nSPS) is 11.5. The maximum atomic E-state index is 13.7. The van der Waals surface area contributed by atoms with Gasteiger partial charge >= 0.3 is 5.97 Å². The topological polar surface area (TPSA) is 77.5 Å². The van der Waals surface area contributed by atoms with Gasteiger partial charge in [0.05, 0.1) is 20.6 Å². The van der Waals surface area contributed by atoms with Gasteiger partial charge in [0.1, 0.15) is 17.7 Å². The van der Waals surface area contributed by atoms with E-state index < -0.39 is 29.6 Å². The number of esters is 1. The minimum absolute atomic E-state index is 0.0199. The Morgan fingerprint density at radius 3 is 2.62 bits per heavy atom. The summed E-state index contributed by atoms with van der Waals surface area (Å²) in [6.07, 6.45) is 1.27. The second-order valence-corrected chi connectivity index (χ2v) is 5.43. The summed E-state index contributed by atoms with van der Waals surface area (Å²) in [7, 11) is 2.64. The number of pyridine rings is 1. The molecule has 1 atom stereocenters. The Morgan fingerprint density at radius 1 is 1.19 bits per heavy atom. The molecule has 1 heterocycles. The third kappa shape index (κ3) is 4.98. The van der Waals surface area contributed by atoms with Crippen LogP contribution in [0.5, 0.6) is 5.88 Å². The number of hydrogen-bond acceptors (Lipinski definition) is 5. The largest absolute Gasteiger partial charge is 0.481 e. The number of ether oxygens (including phenoxy) is 2. The molecule has 0 unspecified atom stereocenters. The van der Waals surface area contributed by atoms with Crippen LogP contribution in [0.15, 0.2) is 36.5 Å². The highest BCUT2D eigenvalue weighted by Crippen LogP contribution is 2.16. The van der Waals surface area contributed by atoms with Gasteiger partial charge in [-0.15, -0.1) is 0 Å². The highest BCUT2D eigenvalue weighted by Gasteiger charge is 2.24. The van der Waals surface area contributed by atoms with Crippen LogP contribution < -0.4 is 10.1 Å². The number of hydrogen-bond donors (Lipinski definition) is 1. The number of carbonyl (C=O) groups is 2. The van der Waals surface area contributed by atoms with Gasteiger partial charge in [-0.3, -0.25) is 4.79 Å². The molecule has 1 amide bonds. The van der Waals surface area contributed by atoms with Crippen LogP contribution >= 0.6 is 0 Å². The first kappa shape index (κ1) is 19.3. The van der Waals surface area contributed by atoms with E-state index in [1.807, 2.05) is 0 Å². The van der Waals surface area contributed by atoms with Crippen molar-refractivity contribution in [1.82, 2.24) is 10.3 Å². The fourth-order valence-electron chi connectivity index (χ4n) is 2.40. The van der Waals surface area contributed by atoms with Gasteiger partial charge in [0.15, 0.2) is 0 Å². The lowest BCUT2D eigenvalue weighted by atomic mass is 10.1. The molecular formula is C18H18F2N2O4. The SMILES string of the molecule is COC(=O)[C@H](Cc1cccnc1OC)NC(=O)Cc1ccc(F)cc1F. The zero-order chi connectivity index (χ0) is 19.1. The average Bonchev–Trinajstić information content (AvgIpc) is 2.63. The summed E-state index contributed by atoms with van der Waals surface area (Å²) in [5.74, 6) is -2.51. The minimum Gasteiger partial charge on any atom is -0.481 e. The number of nitrogens with zero attached hydrogens (tertiary/aromatic N) is 1. The van der Waals surface area contributed by atoms with Crippen LogP contribution in [0.1, 0.15) is 11.1 Å². The van der Waals surface area contributed by atoms with E-state index in [0.29, 0.717) is 17.5 Å². The molecule has 0 aliphatic carbocycles. The summed E-state index contributed by atoms with van der Waals surface area (Å²) in [6.45, 7) is 0. The van der Waals surface area contributed by atoms with E-state index >= 15 is 0 Å². The zero-order valence-corrected chi connectivity index (χ0v) is 14.3. The second-order valence-electron chi connectivity index (χ2n) is 5.43. The molecule has 8 heteroatoms. The van der Waals surface area contributed by atoms with Crippen molar-refractivity contribution in [3.05, 3.63) is 59.3 Å².